The second kappa shape index (κ2) is 7.38. The van der Waals surface area contributed by atoms with Gasteiger partial charge in [0.05, 0.1) is 0 Å². The Hall–Kier alpha value is -2.83. The molecular formula is C18H18FNO5. The van der Waals surface area contributed by atoms with E-state index in [4.69, 9.17) is 9.15 Å². The Morgan fingerprint density at radius 1 is 1.20 bits per heavy atom. The third-order valence-electron chi connectivity index (χ3n) is 4.12. The first-order valence-corrected chi connectivity index (χ1v) is 8.05. The molecule has 1 aliphatic heterocycles. The number of furan rings is 1. The molecule has 0 aliphatic carbocycles. The first kappa shape index (κ1) is 17.0. The lowest BCUT2D eigenvalue weighted by molar-refractivity contribution is -0.143. The number of ether oxygens (including phenoxy) is 1. The van der Waals surface area contributed by atoms with Gasteiger partial charge in [-0.05, 0) is 55.7 Å². The van der Waals surface area contributed by atoms with Crippen molar-refractivity contribution >= 4 is 11.9 Å². The van der Waals surface area contributed by atoms with E-state index < -0.39 is 17.9 Å². The summed E-state index contributed by atoms with van der Waals surface area (Å²) in [6, 6.07) is 7.87. The van der Waals surface area contributed by atoms with Crippen LogP contribution in [0.1, 0.15) is 35.6 Å². The SMILES string of the molecule is O=C(O)[C@H]1CCCCN1C(=O)c1ccc(COc2ccc(F)cc2)o1. The van der Waals surface area contributed by atoms with E-state index in [9.17, 15) is 19.1 Å². The van der Waals surface area contributed by atoms with Crippen LogP contribution in [0.2, 0.25) is 0 Å². The van der Waals surface area contributed by atoms with Gasteiger partial charge in [-0.15, -0.1) is 0 Å². The number of hydrogen-bond acceptors (Lipinski definition) is 4. The summed E-state index contributed by atoms with van der Waals surface area (Å²) >= 11 is 0. The molecule has 6 nitrogen and oxygen atoms in total. The molecule has 1 aromatic carbocycles. The molecule has 3 rings (SSSR count). The third kappa shape index (κ3) is 3.99. The van der Waals surface area contributed by atoms with Crippen LogP contribution in [0, 0.1) is 5.82 Å². The molecule has 1 saturated heterocycles. The zero-order chi connectivity index (χ0) is 17.8. The van der Waals surface area contributed by atoms with E-state index in [0.29, 0.717) is 24.5 Å². The van der Waals surface area contributed by atoms with Crippen molar-refractivity contribution < 1.29 is 28.2 Å². The summed E-state index contributed by atoms with van der Waals surface area (Å²) in [5.74, 6) is -0.789. The van der Waals surface area contributed by atoms with Crippen molar-refractivity contribution in [2.24, 2.45) is 0 Å². The van der Waals surface area contributed by atoms with Crippen molar-refractivity contribution in [3.8, 4) is 5.75 Å². The largest absolute Gasteiger partial charge is 0.486 e. The summed E-state index contributed by atoms with van der Waals surface area (Å²) in [6.45, 7) is 0.485. The average Bonchev–Trinajstić information content (AvgIpc) is 3.09. The number of rotatable bonds is 5. The summed E-state index contributed by atoms with van der Waals surface area (Å²) in [7, 11) is 0. The molecule has 0 radical (unpaired) electrons. The van der Waals surface area contributed by atoms with Gasteiger partial charge in [0.2, 0.25) is 0 Å². The Kier molecular flexibility index (Phi) is 5.02. The normalized spacial score (nSPS) is 17.3. The van der Waals surface area contributed by atoms with Crippen LogP contribution in [0.25, 0.3) is 0 Å². The third-order valence-corrected chi connectivity index (χ3v) is 4.12. The summed E-state index contributed by atoms with van der Waals surface area (Å²) in [5, 5.41) is 9.27. The average molecular weight is 347 g/mol. The first-order chi connectivity index (χ1) is 12.0. The predicted octanol–water partition coefficient (Wildman–Crippen LogP) is 3.08. The second-order valence-corrected chi connectivity index (χ2v) is 5.86. The highest BCUT2D eigenvalue weighted by Crippen LogP contribution is 2.21. The highest BCUT2D eigenvalue weighted by atomic mass is 19.1. The molecule has 25 heavy (non-hydrogen) atoms. The lowest BCUT2D eigenvalue weighted by Crippen LogP contribution is -2.47. The van der Waals surface area contributed by atoms with Crippen molar-refractivity contribution in [3.63, 3.8) is 0 Å². The fraction of sp³-hybridized carbons (Fsp3) is 0.333. The van der Waals surface area contributed by atoms with Crippen LogP contribution in [0.15, 0.2) is 40.8 Å². The lowest BCUT2D eigenvalue weighted by atomic mass is 10.0. The number of benzene rings is 1. The molecule has 0 spiro atoms. The maximum absolute atomic E-state index is 12.8. The van der Waals surface area contributed by atoms with Gasteiger partial charge < -0.3 is 19.2 Å². The monoisotopic (exact) mass is 347 g/mol. The number of carbonyl (C=O) groups excluding carboxylic acids is 1. The smallest absolute Gasteiger partial charge is 0.326 e. The van der Waals surface area contributed by atoms with Crippen LogP contribution in [0.4, 0.5) is 4.39 Å². The van der Waals surface area contributed by atoms with Crippen molar-refractivity contribution in [3.05, 3.63) is 53.7 Å². The van der Waals surface area contributed by atoms with Crippen molar-refractivity contribution in [2.45, 2.75) is 31.9 Å². The van der Waals surface area contributed by atoms with E-state index in [1.54, 1.807) is 6.07 Å². The van der Waals surface area contributed by atoms with Crippen LogP contribution in [-0.2, 0) is 11.4 Å². The number of carboxylic acid groups (broad SMARTS) is 1. The van der Waals surface area contributed by atoms with E-state index in [2.05, 4.69) is 0 Å². The molecule has 1 aliphatic rings. The Morgan fingerprint density at radius 2 is 1.96 bits per heavy atom. The first-order valence-electron chi connectivity index (χ1n) is 8.05. The molecule has 0 saturated carbocycles. The minimum absolute atomic E-state index is 0.0846. The van der Waals surface area contributed by atoms with E-state index in [-0.39, 0.29) is 18.2 Å². The number of halogens is 1. The van der Waals surface area contributed by atoms with Gasteiger partial charge in [0, 0.05) is 6.54 Å². The fourth-order valence-corrected chi connectivity index (χ4v) is 2.83. The number of hydrogen-bond donors (Lipinski definition) is 1. The Bertz CT molecular complexity index is 755. The molecule has 0 unspecified atom stereocenters. The van der Waals surface area contributed by atoms with Gasteiger partial charge in [-0.3, -0.25) is 4.79 Å². The highest BCUT2D eigenvalue weighted by Gasteiger charge is 2.33. The van der Waals surface area contributed by atoms with Gasteiger partial charge in [0.15, 0.2) is 5.76 Å². The van der Waals surface area contributed by atoms with Gasteiger partial charge in [0.1, 0.15) is 30.0 Å². The number of nitrogens with zero attached hydrogens (tertiary/aromatic N) is 1. The Morgan fingerprint density at radius 3 is 2.68 bits per heavy atom. The summed E-state index contributed by atoms with van der Waals surface area (Å²) in [5.41, 5.74) is 0. The van der Waals surface area contributed by atoms with E-state index in [1.807, 2.05) is 0 Å². The Balaban J connectivity index is 1.64. The molecule has 2 heterocycles. The van der Waals surface area contributed by atoms with E-state index >= 15 is 0 Å². The standard InChI is InChI=1S/C18H18FNO5/c19-12-4-6-13(7-5-12)24-11-14-8-9-16(25-14)17(21)20-10-2-1-3-15(20)18(22)23/h4-9,15H,1-3,10-11H2,(H,22,23)/t15-/m1/s1. The molecule has 1 atom stereocenters. The maximum Gasteiger partial charge on any atom is 0.326 e. The number of likely N-dealkylation sites (tertiary alicyclic amines) is 1. The van der Waals surface area contributed by atoms with E-state index in [0.717, 1.165) is 12.8 Å². The van der Waals surface area contributed by atoms with E-state index in [1.165, 1.54) is 35.2 Å². The zero-order valence-corrected chi connectivity index (χ0v) is 13.5. The molecule has 0 bridgehead atoms. The maximum atomic E-state index is 12.8. The number of carboxylic acids is 1. The topological polar surface area (TPSA) is 80.0 Å². The van der Waals surface area contributed by atoms with Crippen LogP contribution >= 0.6 is 0 Å². The van der Waals surface area contributed by atoms with Crippen molar-refractivity contribution in [1.82, 2.24) is 4.90 Å². The minimum atomic E-state index is -1.00. The number of aliphatic carboxylic acids is 1. The van der Waals surface area contributed by atoms with Crippen LogP contribution in [0.3, 0.4) is 0 Å². The number of amides is 1. The van der Waals surface area contributed by atoms with Gasteiger partial charge in [-0.25, -0.2) is 9.18 Å². The molecule has 2 aromatic rings. The zero-order valence-electron chi connectivity index (χ0n) is 13.5. The molecule has 7 heteroatoms. The van der Waals surface area contributed by atoms with Gasteiger partial charge in [-0.2, -0.15) is 0 Å². The molecule has 1 amide bonds. The highest BCUT2D eigenvalue weighted by molar-refractivity contribution is 5.94. The Labute approximate surface area is 143 Å². The summed E-state index contributed by atoms with van der Waals surface area (Å²) in [4.78, 5) is 25.2. The summed E-state index contributed by atoms with van der Waals surface area (Å²) < 4.78 is 23.8. The molecule has 1 aromatic heterocycles. The van der Waals surface area contributed by atoms with Crippen LogP contribution in [-0.4, -0.2) is 34.5 Å². The predicted molar refractivity (Wildman–Crippen MR) is 85.8 cm³/mol. The quantitative estimate of drug-likeness (QED) is 0.899. The van der Waals surface area contributed by atoms with Gasteiger partial charge in [0.25, 0.3) is 5.91 Å². The molecule has 132 valence electrons. The molecular weight excluding hydrogens is 329 g/mol. The summed E-state index contributed by atoms with van der Waals surface area (Å²) in [6.07, 6.45) is 2.01. The minimum Gasteiger partial charge on any atom is -0.486 e. The van der Waals surface area contributed by atoms with Crippen LogP contribution in [0.5, 0.6) is 5.75 Å². The van der Waals surface area contributed by atoms with Gasteiger partial charge >= 0.3 is 5.97 Å². The number of carbonyl (C=O) groups is 2. The van der Waals surface area contributed by atoms with Crippen molar-refractivity contribution in [2.75, 3.05) is 6.54 Å². The van der Waals surface area contributed by atoms with Crippen LogP contribution < -0.4 is 4.74 Å². The lowest BCUT2D eigenvalue weighted by Gasteiger charge is -2.32. The fourth-order valence-electron chi connectivity index (χ4n) is 2.83. The second-order valence-electron chi connectivity index (χ2n) is 5.86. The molecule has 1 N–H and O–H groups in total. The van der Waals surface area contributed by atoms with Crippen molar-refractivity contribution in [1.29, 1.82) is 0 Å². The van der Waals surface area contributed by atoms with Gasteiger partial charge in [-0.1, -0.05) is 0 Å². The number of piperidine rings is 1. The molecule has 1 fully saturated rings.